The molecule has 1 unspecified atom stereocenters. The maximum atomic E-state index is 13.5. The lowest BCUT2D eigenvalue weighted by Crippen LogP contribution is -2.25. The van der Waals surface area contributed by atoms with Crippen molar-refractivity contribution < 1.29 is 33.6 Å². The Balaban J connectivity index is 1.53. The first kappa shape index (κ1) is 35.8. The highest BCUT2D eigenvalue weighted by molar-refractivity contribution is 8.00. The molecule has 0 bridgehead atoms. The largest absolute Gasteiger partial charge is 0.462 e. The fraction of sp³-hybridized carbons (Fsp3) is 0.312. The maximum Gasteiger partial charge on any atom is 0.348 e. The highest BCUT2D eigenvalue weighted by Gasteiger charge is 2.29. The van der Waals surface area contributed by atoms with Crippen LogP contribution in [-0.4, -0.2) is 61.9 Å². The van der Waals surface area contributed by atoms with E-state index in [0.29, 0.717) is 29.5 Å². The van der Waals surface area contributed by atoms with Gasteiger partial charge in [-0.05, 0) is 57.4 Å². The van der Waals surface area contributed by atoms with Crippen molar-refractivity contribution >= 4 is 57.5 Å². The molecule has 4 aromatic rings. The van der Waals surface area contributed by atoms with Crippen molar-refractivity contribution in [3.63, 3.8) is 0 Å². The van der Waals surface area contributed by atoms with Gasteiger partial charge in [0.05, 0.1) is 35.5 Å². The number of nitro groups is 1. The van der Waals surface area contributed by atoms with Crippen molar-refractivity contribution in [3.05, 3.63) is 97.7 Å². The van der Waals surface area contributed by atoms with Crippen LogP contribution in [0.1, 0.15) is 68.1 Å². The number of nitrogens with one attached hydrogen (secondary N) is 2. The Morgan fingerprint density at radius 1 is 1.00 bits per heavy atom. The Kier molecular flexibility index (Phi) is 12.4. The minimum atomic E-state index is -0.726. The molecule has 4 rings (SSSR count). The van der Waals surface area contributed by atoms with E-state index in [0.717, 1.165) is 28.7 Å². The van der Waals surface area contributed by atoms with Gasteiger partial charge >= 0.3 is 11.9 Å². The summed E-state index contributed by atoms with van der Waals surface area (Å²) in [4.78, 5) is 62.2. The van der Waals surface area contributed by atoms with Gasteiger partial charge in [0, 0.05) is 24.2 Å². The van der Waals surface area contributed by atoms with Crippen molar-refractivity contribution in [1.29, 1.82) is 0 Å². The van der Waals surface area contributed by atoms with Gasteiger partial charge < -0.3 is 24.7 Å². The number of hydrogen-bond acceptors (Lipinski definition) is 12. The quantitative estimate of drug-likeness (QED) is 0.0721. The second kappa shape index (κ2) is 16.6. The number of amides is 2. The zero-order chi connectivity index (χ0) is 34.8. The number of esters is 2. The van der Waals surface area contributed by atoms with E-state index in [4.69, 9.17) is 9.47 Å². The van der Waals surface area contributed by atoms with E-state index in [2.05, 4.69) is 20.8 Å². The lowest BCUT2D eigenvalue weighted by atomic mass is 10.1. The predicted octanol–water partition coefficient (Wildman–Crippen LogP) is 5.20. The van der Waals surface area contributed by atoms with Crippen molar-refractivity contribution in [2.45, 2.75) is 57.6 Å². The lowest BCUT2D eigenvalue weighted by Gasteiger charge is -2.14. The van der Waals surface area contributed by atoms with Crippen molar-refractivity contribution in [1.82, 2.24) is 20.1 Å². The van der Waals surface area contributed by atoms with Crippen LogP contribution >= 0.6 is 23.1 Å². The number of thiophene rings is 1. The number of nitrogens with zero attached hydrogens (tertiary/aromatic N) is 4. The minimum absolute atomic E-state index is 0.00670. The lowest BCUT2D eigenvalue weighted by molar-refractivity contribution is -0.384. The summed E-state index contributed by atoms with van der Waals surface area (Å²) >= 11 is 2.08. The Bertz CT molecular complexity index is 1790. The number of carbonyl (C=O) groups excluding carboxylic acids is 4. The van der Waals surface area contributed by atoms with Gasteiger partial charge in [-0.25, -0.2) is 9.59 Å². The van der Waals surface area contributed by atoms with Crippen molar-refractivity contribution in [3.8, 4) is 0 Å². The van der Waals surface area contributed by atoms with Crippen LogP contribution in [0.3, 0.4) is 0 Å². The van der Waals surface area contributed by atoms with Gasteiger partial charge in [0.25, 0.3) is 11.6 Å². The van der Waals surface area contributed by atoms with Crippen LogP contribution in [-0.2, 0) is 33.8 Å². The summed E-state index contributed by atoms with van der Waals surface area (Å²) < 4.78 is 12.1. The zero-order valence-electron chi connectivity index (χ0n) is 26.7. The molecule has 1 atom stereocenters. The Hall–Kier alpha value is -5.09. The summed E-state index contributed by atoms with van der Waals surface area (Å²) in [7, 11) is 0. The Morgan fingerprint density at radius 2 is 1.67 bits per heavy atom. The van der Waals surface area contributed by atoms with Gasteiger partial charge in [-0.1, -0.05) is 42.1 Å². The van der Waals surface area contributed by atoms with E-state index in [9.17, 15) is 29.3 Å². The number of benzene rings is 2. The number of thioether (sulfide) groups is 1. The molecule has 0 aliphatic carbocycles. The summed E-state index contributed by atoms with van der Waals surface area (Å²) in [5.74, 6) is -1.73. The van der Waals surface area contributed by atoms with Crippen molar-refractivity contribution in [2.75, 3.05) is 18.5 Å². The molecule has 0 fully saturated rings. The maximum absolute atomic E-state index is 13.5. The average Bonchev–Trinajstić information content (AvgIpc) is 3.62. The molecule has 252 valence electrons. The average molecular weight is 695 g/mol. The van der Waals surface area contributed by atoms with Crippen LogP contribution in [0.5, 0.6) is 0 Å². The first-order chi connectivity index (χ1) is 23.0. The number of nitro benzene ring substituents is 1. The van der Waals surface area contributed by atoms with Crippen LogP contribution in [0.4, 0.5) is 10.7 Å². The number of rotatable bonds is 15. The molecule has 0 spiro atoms. The SMILES string of the molecule is CCOC(=O)c1sc(NC(=O)C(C)Sc2nnc(CNC(=O)c3ccc([N+](=O)[O-])cc3)n2CCc2ccccc2)c(C(=O)OCC)c1C. The fourth-order valence-electron chi connectivity index (χ4n) is 4.51. The van der Waals surface area contributed by atoms with Crippen LogP contribution in [0, 0.1) is 17.0 Å². The smallest absolute Gasteiger partial charge is 0.348 e. The number of hydrogen-bond donors (Lipinski definition) is 2. The Labute approximate surface area is 284 Å². The Morgan fingerprint density at radius 3 is 2.31 bits per heavy atom. The minimum Gasteiger partial charge on any atom is -0.462 e. The molecular weight excluding hydrogens is 661 g/mol. The molecular formula is C32H34N6O8S2. The first-order valence-corrected chi connectivity index (χ1v) is 16.7. The molecule has 0 radical (unpaired) electrons. The normalized spacial score (nSPS) is 11.4. The highest BCUT2D eigenvalue weighted by Crippen LogP contribution is 2.35. The van der Waals surface area contributed by atoms with Gasteiger partial charge in [0.2, 0.25) is 5.91 Å². The van der Waals surface area contributed by atoms with Gasteiger partial charge in [-0.2, -0.15) is 0 Å². The molecule has 2 N–H and O–H groups in total. The summed E-state index contributed by atoms with van der Waals surface area (Å²) in [5, 5.41) is 25.0. The molecule has 2 amide bonds. The molecule has 48 heavy (non-hydrogen) atoms. The molecule has 2 heterocycles. The van der Waals surface area contributed by atoms with E-state index >= 15 is 0 Å². The number of non-ortho nitro benzene ring substituents is 1. The number of carbonyl (C=O) groups is 4. The topological polar surface area (TPSA) is 185 Å². The third kappa shape index (κ3) is 8.83. The van der Waals surface area contributed by atoms with Crippen LogP contribution in [0.25, 0.3) is 0 Å². The summed E-state index contributed by atoms with van der Waals surface area (Å²) in [6, 6.07) is 15.0. The van der Waals surface area contributed by atoms with Crippen LogP contribution < -0.4 is 10.6 Å². The van der Waals surface area contributed by atoms with E-state index in [1.54, 1.807) is 27.7 Å². The highest BCUT2D eigenvalue weighted by atomic mass is 32.2. The van der Waals surface area contributed by atoms with Gasteiger partial charge in [-0.3, -0.25) is 19.7 Å². The molecule has 14 nitrogen and oxygen atoms in total. The second-order valence-corrected chi connectivity index (χ2v) is 12.6. The summed E-state index contributed by atoms with van der Waals surface area (Å²) in [6.07, 6.45) is 0.615. The molecule has 16 heteroatoms. The molecule has 0 aliphatic heterocycles. The molecule has 0 saturated carbocycles. The molecule has 0 aliphatic rings. The van der Waals surface area contributed by atoms with E-state index < -0.39 is 33.9 Å². The number of anilines is 1. The van der Waals surface area contributed by atoms with Crippen molar-refractivity contribution in [2.24, 2.45) is 0 Å². The summed E-state index contributed by atoms with van der Waals surface area (Å²) in [6.45, 7) is 7.30. The number of aryl methyl sites for hydroxylation is 1. The zero-order valence-corrected chi connectivity index (χ0v) is 28.3. The number of ether oxygens (including phenoxy) is 2. The fourth-order valence-corrected chi connectivity index (χ4v) is 6.50. The van der Waals surface area contributed by atoms with Crippen LogP contribution in [0.2, 0.25) is 0 Å². The standard InChI is InChI=1S/C32H34N6O8S2/c1-5-45-30(41)25-19(3)26(31(42)46-6-2)48-29(25)34-27(39)20(4)47-32-36-35-24(37(32)17-16-21-10-8-7-9-11-21)18-33-28(40)22-12-14-23(15-13-22)38(43)44/h7-15,20H,5-6,16-18H2,1-4H3,(H,33,40)(H,34,39). The molecule has 2 aromatic heterocycles. The number of aromatic nitrogens is 3. The van der Waals surface area contributed by atoms with Gasteiger partial charge in [0.15, 0.2) is 11.0 Å². The summed E-state index contributed by atoms with van der Waals surface area (Å²) in [5.41, 5.74) is 1.62. The van der Waals surface area contributed by atoms with Crippen LogP contribution in [0.15, 0.2) is 59.8 Å². The molecule has 2 aromatic carbocycles. The third-order valence-electron chi connectivity index (χ3n) is 6.98. The van der Waals surface area contributed by atoms with E-state index in [-0.39, 0.29) is 46.5 Å². The predicted molar refractivity (Wildman–Crippen MR) is 179 cm³/mol. The van der Waals surface area contributed by atoms with Gasteiger partial charge in [-0.15, -0.1) is 21.5 Å². The monoisotopic (exact) mass is 694 g/mol. The first-order valence-electron chi connectivity index (χ1n) is 15.0. The van der Waals surface area contributed by atoms with E-state index in [1.807, 2.05) is 34.9 Å². The van der Waals surface area contributed by atoms with Gasteiger partial charge in [0.1, 0.15) is 9.88 Å². The van der Waals surface area contributed by atoms with E-state index in [1.165, 1.54) is 24.3 Å². The third-order valence-corrected chi connectivity index (χ3v) is 9.25. The molecule has 0 saturated heterocycles. The second-order valence-electron chi connectivity index (χ2n) is 10.2.